The van der Waals surface area contributed by atoms with Gasteiger partial charge >= 0.3 is 0 Å². The highest BCUT2D eigenvalue weighted by atomic mass is 19.1. The molecule has 2 rings (SSSR count). The fourth-order valence-corrected chi connectivity index (χ4v) is 1.80. The third-order valence-electron chi connectivity index (χ3n) is 2.95. The van der Waals surface area contributed by atoms with Crippen LogP contribution in [0.15, 0.2) is 18.2 Å². The highest BCUT2D eigenvalue weighted by molar-refractivity contribution is 5.67. The van der Waals surface area contributed by atoms with Crippen molar-refractivity contribution in [1.82, 2.24) is 0 Å². The summed E-state index contributed by atoms with van der Waals surface area (Å²) in [7, 11) is 0. The smallest absolute Gasteiger partial charge is 0.148 e. The standard InChI is InChI=1S/C11H15FN2/c1-11(6-3-7-11)14-9-5-2-4-8(12)10(9)13/h2,4-5,14H,3,6-7,13H2,1H3. The van der Waals surface area contributed by atoms with Gasteiger partial charge in [-0.25, -0.2) is 4.39 Å². The molecule has 0 spiro atoms. The number of nitrogen functional groups attached to an aromatic ring is 1. The maximum absolute atomic E-state index is 13.1. The third-order valence-corrected chi connectivity index (χ3v) is 2.95. The van der Waals surface area contributed by atoms with Gasteiger partial charge in [-0.2, -0.15) is 0 Å². The minimum atomic E-state index is -0.349. The molecule has 0 radical (unpaired) electrons. The predicted octanol–water partition coefficient (Wildman–Crippen LogP) is 2.76. The van der Waals surface area contributed by atoms with Crippen LogP contribution in [-0.2, 0) is 0 Å². The molecule has 14 heavy (non-hydrogen) atoms. The van der Waals surface area contributed by atoms with Gasteiger partial charge < -0.3 is 11.1 Å². The van der Waals surface area contributed by atoms with Crippen molar-refractivity contribution in [2.24, 2.45) is 0 Å². The zero-order valence-electron chi connectivity index (χ0n) is 8.31. The third kappa shape index (κ3) is 1.54. The van der Waals surface area contributed by atoms with Crippen molar-refractivity contribution >= 4 is 11.4 Å². The first-order chi connectivity index (χ1) is 6.61. The summed E-state index contributed by atoms with van der Waals surface area (Å²) in [5, 5.41) is 3.30. The number of halogens is 1. The SMILES string of the molecule is CC1(Nc2cccc(F)c2N)CCC1. The largest absolute Gasteiger partial charge is 0.395 e. The van der Waals surface area contributed by atoms with E-state index in [0.29, 0.717) is 5.69 Å². The molecule has 0 saturated heterocycles. The first kappa shape index (κ1) is 9.31. The van der Waals surface area contributed by atoms with E-state index < -0.39 is 0 Å². The molecule has 1 aliphatic carbocycles. The van der Waals surface area contributed by atoms with Crippen molar-refractivity contribution in [3.63, 3.8) is 0 Å². The summed E-state index contributed by atoms with van der Waals surface area (Å²) in [5.41, 5.74) is 6.68. The molecule has 1 saturated carbocycles. The van der Waals surface area contributed by atoms with Crippen LogP contribution < -0.4 is 11.1 Å². The number of nitrogens with one attached hydrogen (secondary N) is 1. The molecule has 0 aromatic heterocycles. The lowest BCUT2D eigenvalue weighted by Crippen LogP contribution is -2.41. The van der Waals surface area contributed by atoms with E-state index in [2.05, 4.69) is 12.2 Å². The zero-order chi connectivity index (χ0) is 10.2. The normalized spacial score (nSPS) is 18.7. The van der Waals surface area contributed by atoms with Crippen LogP contribution in [-0.4, -0.2) is 5.54 Å². The summed E-state index contributed by atoms with van der Waals surface area (Å²) < 4.78 is 13.1. The fourth-order valence-electron chi connectivity index (χ4n) is 1.80. The number of para-hydroxylation sites is 1. The minimum absolute atomic E-state index is 0.113. The van der Waals surface area contributed by atoms with E-state index in [9.17, 15) is 4.39 Å². The molecule has 2 nitrogen and oxygen atoms in total. The maximum Gasteiger partial charge on any atom is 0.148 e. The lowest BCUT2D eigenvalue weighted by molar-refractivity contribution is 0.306. The second kappa shape index (κ2) is 3.15. The van der Waals surface area contributed by atoms with Crippen molar-refractivity contribution in [3.8, 4) is 0 Å². The highest BCUT2D eigenvalue weighted by Gasteiger charge is 2.31. The van der Waals surface area contributed by atoms with Crippen LogP contribution in [0.3, 0.4) is 0 Å². The van der Waals surface area contributed by atoms with Gasteiger partial charge in [-0.15, -0.1) is 0 Å². The van der Waals surface area contributed by atoms with Crippen molar-refractivity contribution in [3.05, 3.63) is 24.0 Å². The molecule has 0 unspecified atom stereocenters. The molecular weight excluding hydrogens is 179 g/mol. The number of rotatable bonds is 2. The summed E-state index contributed by atoms with van der Waals surface area (Å²) in [4.78, 5) is 0. The topological polar surface area (TPSA) is 38.0 Å². The van der Waals surface area contributed by atoms with Crippen molar-refractivity contribution in [1.29, 1.82) is 0 Å². The first-order valence-corrected chi connectivity index (χ1v) is 4.93. The van der Waals surface area contributed by atoms with Gasteiger partial charge in [0.15, 0.2) is 0 Å². The quantitative estimate of drug-likeness (QED) is 0.710. The lowest BCUT2D eigenvalue weighted by Gasteiger charge is -2.40. The van der Waals surface area contributed by atoms with Crippen LogP contribution in [0.4, 0.5) is 15.8 Å². The Morgan fingerprint density at radius 3 is 2.71 bits per heavy atom. The lowest BCUT2D eigenvalue weighted by atomic mass is 9.78. The molecule has 3 N–H and O–H groups in total. The molecule has 76 valence electrons. The Hall–Kier alpha value is -1.25. The van der Waals surface area contributed by atoms with Gasteiger partial charge in [-0.3, -0.25) is 0 Å². The Balaban J connectivity index is 2.20. The molecule has 0 atom stereocenters. The number of hydrogen-bond acceptors (Lipinski definition) is 2. The summed E-state index contributed by atoms with van der Waals surface area (Å²) in [6.07, 6.45) is 3.49. The van der Waals surface area contributed by atoms with Gasteiger partial charge in [0.2, 0.25) is 0 Å². The predicted molar refractivity (Wildman–Crippen MR) is 56.7 cm³/mol. The van der Waals surface area contributed by atoms with Crippen LogP contribution in [0.1, 0.15) is 26.2 Å². The number of anilines is 2. The molecule has 0 aliphatic heterocycles. The van der Waals surface area contributed by atoms with Crippen LogP contribution in [0.5, 0.6) is 0 Å². The van der Waals surface area contributed by atoms with Crippen LogP contribution in [0.25, 0.3) is 0 Å². The molecule has 1 aromatic carbocycles. The van der Waals surface area contributed by atoms with E-state index >= 15 is 0 Å². The van der Waals surface area contributed by atoms with E-state index in [4.69, 9.17) is 5.73 Å². The van der Waals surface area contributed by atoms with E-state index in [1.165, 1.54) is 12.5 Å². The van der Waals surface area contributed by atoms with Crippen molar-refractivity contribution in [2.45, 2.75) is 31.7 Å². The van der Waals surface area contributed by atoms with Gasteiger partial charge in [0, 0.05) is 5.54 Å². The Labute approximate surface area is 83.3 Å². The van der Waals surface area contributed by atoms with Gasteiger partial charge in [0.25, 0.3) is 0 Å². The van der Waals surface area contributed by atoms with Crippen molar-refractivity contribution in [2.75, 3.05) is 11.1 Å². The van der Waals surface area contributed by atoms with Gasteiger partial charge in [0.1, 0.15) is 5.82 Å². The van der Waals surface area contributed by atoms with E-state index in [1.807, 2.05) is 6.07 Å². The number of hydrogen-bond donors (Lipinski definition) is 2. The molecule has 0 bridgehead atoms. The Morgan fingerprint density at radius 1 is 1.43 bits per heavy atom. The molecule has 0 amide bonds. The van der Waals surface area contributed by atoms with Gasteiger partial charge in [0.05, 0.1) is 11.4 Å². The zero-order valence-corrected chi connectivity index (χ0v) is 8.31. The number of benzene rings is 1. The average molecular weight is 194 g/mol. The second-order valence-electron chi connectivity index (χ2n) is 4.24. The van der Waals surface area contributed by atoms with Gasteiger partial charge in [-0.1, -0.05) is 6.07 Å². The van der Waals surface area contributed by atoms with Crippen LogP contribution >= 0.6 is 0 Å². The van der Waals surface area contributed by atoms with Crippen molar-refractivity contribution < 1.29 is 4.39 Å². The molecule has 1 fully saturated rings. The van der Waals surface area contributed by atoms with Gasteiger partial charge in [-0.05, 0) is 38.3 Å². The van der Waals surface area contributed by atoms with E-state index in [0.717, 1.165) is 12.8 Å². The fraction of sp³-hybridized carbons (Fsp3) is 0.455. The van der Waals surface area contributed by atoms with Crippen LogP contribution in [0.2, 0.25) is 0 Å². The summed E-state index contributed by atoms with van der Waals surface area (Å²) in [6, 6.07) is 4.88. The van der Waals surface area contributed by atoms with Crippen LogP contribution in [0, 0.1) is 5.82 Å². The highest BCUT2D eigenvalue weighted by Crippen LogP contribution is 2.36. The Kier molecular flexibility index (Phi) is 2.10. The Bertz CT molecular complexity index is 345. The van der Waals surface area contributed by atoms with E-state index in [-0.39, 0.29) is 17.0 Å². The molecule has 1 aromatic rings. The molecule has 0 heterocycles. The second-order valence-corrected chi connectivity index (χ2v) is 4.24. The number of nitrogens with two attached hydrogens (primary N) is 1. The Morgan fingerprint density at radius 2 is 2.14 bits per heavy atom. The summed E-state index contributed by atoms with van der Waals surface area (Å²) in [6.45, 7) is 2.14. The molecule has 3 heteroatoms. The van der Waals surface area contributed by atoms with E-state index in [1.54, 1.807) is 6.07 Å². The molecular formula is C11H15FN2. The average Bonchev–Trinajstić information content (AvgIpc) is 2.10. The summed E-state index contributed by atoms with van der Waals surface area (Å²) in [5.74, 6) is -0.349. The minimum Gasteiger partial charge on any atom is -0.395 e. The maximum atomic E-state index is 13.1. The first-order valence-electron chi connectivity index (χ1n) is 4.93. The molecule has 1 aliphatic rings. The monoisotopic (exact) mass is 194 g/mol. The summed E-state index contributed by atoms with van der Waals surface area (Å²) >= 11 is 0.